The van der Waals surface area contributed by atoms with Gasteiger partial charge in [0.15, 0.2) is 6.61 Å². The number of carbonyl (C=O) groups is 1. The molecule has 1 amide bonds. The molecule has 2 aromatic carbocycles. The minimum Gasteiger partial charge on any atom is -0.484 e. The van der Waals surface area contributed by atoms with Crippen molar-refractivity contribution < 1.29 is 9.53 Å². The summed E-state index contributed by atoms with van der Waals surface area (Å²) in [7, 11) is 2.15. The average molecular weight is 367 g/mol. The Labute approximate surface area is 161 Å². The first-order chi connectivity index (χ1) is 13.0. The van der Waals surface area contributed by atoms with Crippen molar-refractivity contribution in [2.75, 3.05) is 50.1 Å². The average Bonchev–Trinajstić information content (AvgIpc) is 2.68. The Balaban J connectivity index is 1.47. The molecule has 5 nitrogen and oxygen atoms in total. The molecule has 0 spiro atoms. The van der Waals surface area contributed by atoms with Crippen molar-refractivity contribution in [1.82, 2.24) is 4.90 Å². The lowest BCUT2D eigenvalue weighted by Crippen LogP contribution is -2.44. The number of carbonyl (C=O) groups excluding carboxylic acids is 1. The lowest BCUT2D eigenvalue weighted by molar-refractivity contribution is -0.118. The van der Waals surface area contributed by atoms with Gasteiger partial charge in [0.25, 0.3) is 5.91 Å². The SMILES string of the molecule is CC(C)c1ccc(OCC(=O)Nc2ccc(N3CCN(C)CC3)cc2)cc1. The quantitative estimate of drug-likeness (QED) is 0.848. The smallest absolute Gasteiger partial charge is 0.262 e. The number of amides is 1. The predicted molar refractivity (Wildman–Crippen MR) is 111 cm³/mol. The highest BCUT2D eigenvalue weighted by atomic mass is 16.5. The normalized spacial score (nSPS) is 15.0. The Morgan fingerprint density at radius 1 is 1.00 bits per heavy atom. The van der Waals surface area contributed by atoms with Crippen molar-refractivity contribution in [3.63, 3.8) is 0 Å². The summed E-state index contributed by atoms with van der Waals surface area (Å²) in [5.41, 5.74) is 3.24. The van der Waals surface area contributed by atoms with Crippen LogP contribution in [0.5, 0.6) is 5.75 Å². The van der Waals surface area contributed by atoms with Crippen LogP contribution in [0.4, 0.5) is 11.4 Å². The van der Waals surface area contributed by atoms with E-state index in [1.807, 2.05) is 36.4 Å². The van der Waals surface area contributed by atoms with Crippen molar-refractivity contribution in [3.05, 3.63) is 54.1 Å². The maximum Gasteiger partial charge on any atom is 0.262 e. The molecule has 2 aromatic rings. The standard InChI is InChI=1S/C22H29N3O2/c1-17(2)18-4-10-21(11-5-18)27-16-22(26)23-19-6-8-20(9-7-19)25-14-12-24(3)13-15-25/h4-11,17H,12-16H2,1-3H3,(H,23,26). The molecule has 144 valence electrons. The highest BCUT2D eigenvalue weighted by Gasteiger charge is 2.14. The van der Waals surface area contributed by atoms with Crippen molar-refractivity contribution in [1.29, 1.82) is 0 Å². The molecule has 1 aliphatic heterocycles. The number of anilines is 2. The summed E-state index contributed by atoms with van der Waals surface area (Å²) < 4.78 is 5.58. The largest absolute Gasteiger partial charge is 0.484 e. The summed E-state index contributed by atoms with van der Waals surface area (Å²) >= 11 is 0. The lowest BCUT2D eigenvalue weighted by Gasteiger charge is -2.34. The Hall–Kier alpha value is -2.53. The third-order valence-corrected chi connectivity index (χ3v) is 4.94. The molecule has 27 heavy (non-hydrogen) atoms. The first-order valence-electron chi connectivity index (χ1n) is 9.57. The number of rotatable bonds is 6. The van der Waals surface area contributed by atoms with E-state index in [0.29, 0.717) is 11.7 Å². The van der Waals surface area contributed by atoms with Crippen LogP contribution in [0.15, 0.2) is 48.5 Å². The summed E-state index contributed by atoms with van der Waals surface area (Å²) in [4.78, 5) is 16.8. The molecule has 1 saturated heterocycles. The first-order valence-corrected chi connectivity index (χ1v) is 9.57. The van der Waals surface area contributed by atoms with Gasteiger partial charge in [0.05, 0.1) is 0 Å². The maximum atomic E-state index is 12.1. The van der Waals surface area contributed by atoms with Crippen molar-refractivity contribution in [2.45, 2.75) is 19.8 Å². The maximum absolute atomic E-state index is 12.1. The number of piperazine rings is 1. The highest BCUT2D eigenvalue weighted by Crippen LogP contribution is 2.20. The zero-order valence-electron chi connectivity index (χ0n) is 16.4. The number of hydrogen-bond acceptors (Lipinski definition) is 4. The highest BCUT2D eigenvalue weighted by molar-refractivity contribution is 5.92. The summed E-state index contributed by atoms with van der Waals surface area (Å²) in [6.07, 6.45) is 0. The van der Waals surface area contributed by atoms with E-state index >= 15 is 0 Å². The van der Waals surface area contributed by atoms with E-state index in [2.05, 4.69) is 48.1 Å². The van der Waals surface area contributed by atoms with E-state index in [9.17, 15) is 4.79 Å². The van der Waals surface area contributed by atoms with Crippen LogP contribution in [-0.2, 0) is 4.79 Å². The molecular weight excluding hydrogens is 338 g/mol. The van der Waals surface area contributed by atoms with Crippen LogP contribution < -0.4 is 15.0 Å². The van der Waals surface area contributed by atoms with Crippen molar-refractivity contribution in [2.24, 2.45) is 0 Å². The molecule has 0 aromatic heterocycles. The molecule has 0 aliphatic carbocycles. The topological polar surface area (TPSA) is 44.8 Å². The monoisotopic (exact) mass is 367 g/mol. The van der Waals surface area contributed by atoms with Crippen molar-refractivity contribution >= 4 is 17.3 Å². The van der Waals surface area contributed by atoms with Gasteiger partial charge in [-0.1, -0.05) is 26.0 Å². The first kappa shape index (κ1) is 19.2. The van der Waals surface area contributed by atoms with Gasteiger partial charge >= 0.3 is 0 Å². The molecular formula is C22H29N3O2. The van der Waals surface area contributed by atoms with Crippen LogP contribution in [0.25, 0.3) is 0 Å². The van der Waals surface area contributed by atoms with Gasteiger partial charge in [-0.05, 0) is 54.9 Å². The Kier molecular flexibility index (Phi) is 6.35. The van der Waals surface area contributed by atoms with Crippen LogP contribution in [0, 0.1) is 0 Å². The van der Waals surface area contributed by atoms with E-state index in [1.54, 1.807) is 0 Å². The number of likely N-dealkylation sites (N-methyl/N-ethyl adjacent to an activating group) is 1. The van der Waals surface area contributed by atoms with Gasteiger partial charge in [0.1, 0.15) is 5.75 Å². The predicted octanol–water partition coefficient (Wildman–Crippen LogP) is 3.58. The van der Waals surface area contributed by atoms with E-state index in [-0.39, 0.29) is 12.5 Å². The summed E-state index contributed by atoms with van der Waals surface area (Å²) in [5, 5.41) is 2.89. The summed E-state index contributed by atoms with van der Waals surface area (Å²) in [5.74, 6) is 1.03. The van der Waals surface area contributed by atoms with Crippen LogP contribution in [-0.4, -0.2) is 50.6 Å². The minimum atomic E-state index is -0.157. The third-order valence-electron chi connectivity index (χ3n) is 4.94. The summed E-state index contributed by atoms with van der Waals surface area (Å²) in [6.45, 7) is 8.52. The second kappa shape index (κ2) is 8.91. The number of ether oxygens (including phenoxy) is 1. The fourth-order valence-electron chi connectivity index (χ4n) is 3.12. The number of nitrogens with zero attached hydrogens (tertiary/aromatic N) is 2. The molecule has 0 unspecified atom stereocenters. The third kappa shape index (κ3) is 5.47. The molecule has 1 N–H and O–H groups in total. The van der Waals surface area contributed by atoms with Gasteiger partial charge in [-0.15, -0.1) is 0 Å². The van der Waals surface area contributed by atoms with Crippen LogP contribution >= 0.6 is 0 Å². The van der Waals surface area contributed by atoms with Gasteiger partial charge < -0.3 is 19.9 Å². The molecule has 5 heteroatoms. The summed E-state index contributed by atoms with van der Waals surface area (Å²) in [6, 6.07) is 15.9. The van der Waals surface area contributed by atoms with Gasteiger partial charge in [0, 0.05) is 37.6 Å². The van der Waals surface area contributed by atoms with Crippen LogP contribution in [0.3, 0.4) is 0 Å². The molecule has 0 bridgehead atoms. The zero-order chi connectivity index (χ0) is 19.2. The Morgan fingerprint density at radius 2 is 1.63 bits per heavy atom. The van der Waals surface area contributed by atoms with Gasteiger partial charge in [-0.25, -0.2) is 0 Å². The number of benzene rings is 2. The fraction of sp³-hybridized carbons (Fsp3) is 0.409. The lowest BCUT2D eigenvalue weighted by atomic mass is 10.0. The second-order valence-electron chi connectivity index (χ2n) is 7.40. The van der Waals surface area contributed by atoms with E-state index < -0.39 is 0 Å². The fourth-order valence-corrected chi connectivity index (χ4v) is 3.12. The van der Waals surface area contributed by atoms with E-state index in [1.165, 1.54) is 11.3 Å². The number of hydrogen-bond donors (Lipinski definition) is 1. The van der Waals surface area contributed by atoms with Crippen LogP contribution in [0.1, 0.15) is 25.3 Å². The second-order valence-corrected chi connectivity index (χ2v) is 7.40. The Morgan fingerprint density at radius 3 is 2.22 bits per heavy atom. The van der Waals surface area contributed by atoms with E-state index in [0.717, 1.165) is 31.9 Å². The van der Waals surface area contributed by atoms with Gasteiger partial charge in [-0.2, -0.15) is 0 Å². The van der Waals surface area contributed by atoms with E-state index in [4.69, 9.17) is 4.74 Å². The molecule has 0 saturated carbocycles. The molecule has 3 rings (SSSR count). The molecule has 0 atom stereocenters. The van der Waals surface area contributed by atoms with Crippen LogP contribution in [0.2, 0.25) is 0 Å². The molecule has 0 radical (unpaired) electrons. The number of nitrogens with one attached hydrogen (secondary N) is 1. The molecule has 1 heterocycles. The molecule has 1 fully saturated rings. The van der Waals surface area contributed by atoms with Crippen molar-refractivity contribution in [3.8, 4) is 5.75 Å². The minimum absolute atomic E-state index is 0.00123. The molecule has 1 aliphatic rings. The van der Waals surface area contributed by atoms with Gasteiger partial charge in [-0.3, -0.25) is 4.79 Å². The van der Waals surface area contributed by atoms with Gasteiger partial charge in [0.2, 0.25) is 0 Å². The zero-order valence-corrected chi connectivity index (χ0v) is 16.4. The Bertz CT molecular complexity index is 733.